The van der Waals surface area contributed by atoms with Crippen LogP contribution in [0.2, 0.25) is 5.02 Å². The van der Waals surface area contributed by atoms with E-state index in [4.69, 9.17) is 11.6 Å². The maximum absolute atomic E-state index is 11.8. The van der Waals surface area contributed by atoms with Gasteiger partial charge in [-0.3, -0.25) is 4.90 Å². The molecule has 0 radical (unpaired) electrons. The van der Waals surface area contributed by atoms with Gasteiger partial charge in [0.25, 0.3) is 0 Å². The molecule has 5 heteroatoms. The lowest BCUT2D eigenvalue weighted by Crippen LogP contribution is -2.43. The minimum Gasteiger partial charge on any atom is -0.465 e. The summed E-state index contributed by atoms with van der Waals surface area (Å²) >= 11 is 6.24. The number of amides is 1. The van der Waals surface area contributed by atoms with Crippen LogP contribution in [0.5, 0.6) is 0 Å². The third kappa shape index (κ3) is 3.89. The molecule has 1 fully saturated rings. The first-order valence-electron chi connectivity index (χ1n) is 7.51. The number of rotatable bonds is 5. The molecule has 116 valence electrons. The standard InChI is InChI=1S/C16H22ClNO3/c17-14-9-5-4-8-13(14)15(10-11-19)18(16(20)21)12-6-2-1-3-7-12/h4-5,8-9,12,15,19H,1-3,6-7,10-11H2,(H,20,21). The number of hydrogen-bond acceptors (Lipinski definition) is 2. The highest BCUT2D eigenvalue weighted by atomic mass is 35.5. The maximum atomic E-state index is 11.8. The average Bonchev–Trinajstić information content (AvgIpc) is 2.48. The lowest BCUT2D eigenvalue weighted by Gasteiger charge is -2.38. The van der Waals surface area contributed by atoms with Crippen molar-refractivity contribution in [2.75, 3.05) is 6.61 Å². The van der Waals surface area contributed by atoms with Crippen molar-refractivity contribution in [3.63, 3.8) is 0 Å². The topological polar surface area (TPSA) is 60.8 Å². The van der Waals surface area contributed by atoms with Gasteiger partial charge in [-0.1, -0.05) is 49.1 Å². The normalized spacial score (nSPS) is 17.4. The van der Waals surface area contributed by atoms with Crippen LogP contribution in [-0.2, 0) is 0 Å². The van der Waals surface area contributed by atoms with Crippen molar-refractivity contribution in [2.45, 2.75) is 50.6 Å². The number of nitrogens with zero attached hydrogens (tertiary/aromatic N) is 1. The van der Waals surface area contributed by atoms with Gasteiger partial charge in [0.05, 0.1) is 6.04 Å². The molecule has 1 atom stereocenters. The van der Waals surface area contributed by atoms with Gasteiger partial charge in [0.15, 0.2) is 0 Å². The number of carboxylic acid groups (broad SMARTS) is 1. The largest absolute Gasteiger partial charge is 0.465 e. The highest BCUT2D eigenvalue weighted by Gasteiger charge is 2.33. The zero-order chi connectivity index (χ0) is 15.2. The highest BCUT2D eigenvalue weighted by Crippen LogP contribution is 2.35. The van der Waals surface area contributed by atoms with Gasteiger partial charge in [-0.05, 0) is 30.9 Å². The van der Waals surface area contributed by atoms with Crippen LogP contribution in [0.25, 0.3) is 0 Å². The van der Waals surface area contributed by atoms with Gasteiger partial charge in [0.1, 0.15) is 0 Å². The molecule has 1 aromatic carbocycles. The SMILES string of the molecule is O=C(O)N(C1CCCCC1)C(CCO)c1ccccc1Cl. The molecule has 1 amide bonds. The first kappa shape index (κ1) is 16.1. The first-order valence-corrected chi connectivity index (χ1v) is 7.89. The molecule has 1 aliphatic rings. The molecular formula is C16H22ClNO3. The van der Waals surface area contributed by atoms with E-state index < -0.39 is 6.09 Å². The van der Waals surface area contributed by atoms with Crippen molar-refractivity contribution in [3.8, 4) is 0 Å². The maximum Gasteiger partial charge on any atom is 0.408 e. The smallest absolute Gasteiger partial charge is 0.408 e. The van der Waals surface area contributed by atoms with Crippen LogP contribution in [0.3, 0.4) is 0 Å². The minimum atomic E-state index is -0.930. The third-order valence-electron chi connectivity index (χ3n) is 4.19. The molecule has 1 saturated carbocycles. The molecule has 1 aromatic rings. The Labute approximate surface area is 130 Å². The van der Waals surface area contributed by atoms with Crippen molar-refractivity contribution in [2.24, 2.45) is 0 Å². The van der Waals surface area contributed by atoms with E-state index in [-0.39, 0.29) is 18.7 Å². The van der Waals surface area contributed by atoms with Gasteiger partial charge in [0, 0.05) is 17.7 Å². The van der Waals surface area contributed by atoms with Crippen LogP contribution >= 0.6 is 11.6 Å². The monoisotopic (exact) mass is 311 g/mol. The Morgan fingerprint density at radius 1 is 1.29 bits per heavy atom. The molecule has 2 N–H and O–H groups in total. The number of aliphatic hydroxyl groups is 1. The van der Waals surface area contributed by atoms with Crippen LogP contribution in [0.15, 0.2) is 24.3 Å². The fraction of sp³-hybridized carbons (Fsp3) is 0.562. The van der Waals surface area contributed by atoms with E-state index in [0.717, 1.165) is 31.2 Å². The molecule has 0 aliphatic heterocycles. The Hall–Kier alpha value is -1.26. The molecule has 4 nitrogen and oxygen atoms in total. The van der Waals surface area contributed by atoms with Crippen molar-refractivity contribution in [1.29, 1.82) is 0 Å². The molecule has 21 heavy (non-hydrogen) atoms. The van der Waals surface area contributed by atoms with Gasteiger partial charge in [-0.2, -0.15) is 0 Å². The van der Waals surface area contributed by atoms with Crippen LogP contribution in [0, 0.1) is 0 Å². The summed E-state index contributed by atoms with van der Waals surface area (Å²) in [5.74, 6) is 0. The van der Waals surface area contributed by atoms with Crippen LogP contribution < -0.4 is 0 Å². The number of aliphatic hydroxyl groups excluding tert-OH is 1. The first-order chi connectivity index (χ1) is 10.1. The molecule has 1 aliphatic carbocycles. The Bertz CT molecular complexity index is 474. The zero-order valence-electron chi connectivity index (χ0n) is 12.0. The van der Waals surface area contributed by atoms with Crippen molar-refractivity contribution >= 4 is 17.7 Å². The number of carbonyl (C=O) groups is 1. The molecule has 0 spiro atoms. The second-order valence-electron chi connectivity index (χ2n) is 5.53. The second kappa shape index (κ2) is 7.66. The van der Waals surface area contributed by atoms with Crippen molar-refractivity contribution in [1.82, 2.24) is 4.90 Å². The van der Waals surface area contributed by atoms with Crippen LogP contribution in [0.4, 0.5) is 4.79 Å². The highest BCUT2D eigenvalue weighted by molar-refractivity contribution is 6.31. The second-order valence-corrected chi connectivity index (χ2v) is 5.94. The molecule has 0 heterocycles. The Morgan fingerprint density at radius 3 is 2.52 bits per heavy atom. The molecule has 0 bridgehead atoms. The number of benzene rings is 1. The third-order valence-corrected chi connectivity index (χ3v) is 4.54. The van der Waals surface area contributed by atoms with Gasteiger partial charge in [-0.25, -0.2) is 4.79 Å². The van der Waals surface area contributed by atoms with E-state index in [1.165, 1.54) is 11.3 Å². The Morgan fingerprint density at radius 2 is 1.95 bits per heavy atom. The summed E-state index contributed by atoms with van der Waals surface area (Å²) in [5, 5.41) is 19.6. The lowest BCUT2D eigenvalue weighted by molar-refractivity contribution is 0.0735. The van der Waals surface area contributed by atoms with Gasteiger partial charge in [0.2, 0.25) is 0 Å². The molecule has 0 aromatic heterocycles. The van der Waals surface area contributed by atoms with Gasteiger partial charge >= 0.3 is 6.09 Å². The Balaban J connectivity index is 2.32. The van der Waals surface area contributed by atoms with Gasteiger partial charge < -0.3 is 10.2 Å². The lowest BCUT2D eigenvalue weighted by atomic mass is 9.91. The number of halogens is 1. The summed E-state index contributed by atoms with van der Waals surface area (Å²) in [4.78, 5) is 13.3. The van der Waals surface area contributed by atoms with Gasteiger partial charge in [-0.15, -0.1) is 0 Å². The summed E-state index contributed by atoms with van der Waals surface area (Å²) in [6.07, 6.45) is 4.50. The predicted molar refractivity (Wildman–Crippen MR) is 82.6 cm³/mol. The average molecular weight is 312 g/mol. The molecule has 0 saturated heterocycles. The van der Waals surface area contributed by atoms with Crippen molar-refractivity contribution < 1.29 is 15.0 Å². The fourth-order valence-electron chi connectivity index (χ4n) is 3.22. The summed E-state index contributed by atoms with van der Waals surface area (Å²) < 4.78 is 0. The molecule has 2 rings (SSSR count). The van der Waals surface area contributed by atoms with Crippen LogP contribution in [0.1, 0.15) is 50.1 Å². The zero-order valence-corrected chi connectivity index (χ0v) is 12.8. The summed E-state index contributed by atoms with van der Waals surface area (Å²) in [5.41, 5.74) is 0.779. The van der Waals surface area contributed by atoms with E-state index >= 15 is 0 Å². The Kier molecular flexibility index (Phi) is 5.88. The quantitative estimate of drug-likeness (QED) is 0.861. The predicted octanol–water partition coefficient (Wildman–Crippen LogP) is 4.08. The van der Waals surface area contributed by atoms with Crippen LogP contribution in [-0.4, -0.2) is 33.9 Å². The summed E-state index contributed by atoms with van der Waals surface area (Å²) in [7, 11) is 0. The summed E-state index contributed by atoms with van der Waals surface area (Å²) in [6, 6.07) is 6.93. The van der Waals surface area contributed by atoms with E-state index in [0.29, 0.717) is 11.4 Å². The van der Waals surface area contributed by atoms with Crippen molar-refractivity contribution in [3.05, 3.63) is 34.9 Å². The van der Waals surface area contributed by atoms with E-state index in [1.807, 2.05) is 18.2 Å². The number of hydrogen-bond donors (Lipinski definition) is 2. The molecular weight excluding hydrogens is 290 g/mol. The molecule has 1 unspecified atom stereocenters. The fourth-order valence-corrected chi connectivity index (χ4v) is 3.48. The minimum absolute atomic E-state index is 0.0177. The van der Waals surface area contributed by atoms with E-state index in [9.17, 15) is 15.0 Å². The van der Waals surface area contributed by atoms with E-state index in [2.05, 4.69) is 0 Å². The summed E-state index contributed by atoms with van der Waals surface area (Å²) in [6.45, 7) is -0.0631. The van der Waals surface area contributed by atoms with E-state index in [1.54, 1.807) is 6.07 Å².